The Morgan fingerprint density at radius 1 is 1.17 bits per heavy atom. The van der Waals surface area contributed by atoms with Gasteiger partial charge < -0.3 is 20.5 Å². The van der Waals surface area contributed by atoms with Crippen LogP contribution in [0.1, 0.15) is 26.5 Å². The zero-order chi connectivity index (χ0) is 16.7. The number of rotatable bonds is 7. The minimum absolute atomic E-state index is 0.112. The highest BCUT2D eigenvalue weighted by molar-refractivity contribution is 7.12. The molecule has 0 atom stereocenters. The molecule has 1 aromatic carbocycles. The van der Waals surface area contributed by atoms with Crippen molar-refractivity contribution in [2.75, 3.05) is 20.2 Å². The van der Waals surface area contributed by atoms with Crippen LogP contribution >= 0.6 is 11.3 Å². The first-order valence-electron chi connectivity index (χ1n) is 7.08. The third-order valence-electron chi connectivity index (χ3n) is 3.12. The van der Waals surface area contributed by atoms with Crippen molar-refractivity contribution < 1.29 is 19.4 Å². The number of hydrogen-bond donors (Lipinski definition) is 3. The summed E-state index contributed by atoms with van der Waals surface area (Å²) in [7, 11) is 1.49. The number of benzene rings is 1. The summed E-state index contributed by atoms with van der Waals surface area (Å²) in [6.45, 7) is 0.862. The number of phenols is 1. The van der Waals surface area contributed by atoms with Gasteiger partial charge in [-0.2, -0.15) is 0 Å². The standard InChI is InChI=1S/C16H18N2O4S/c1-22-11-5-6-12(13(19)10-11)15(20)17-7-3-8-18-16(21)14-4-2-9-23-14/h2,4-6,9-10,19H,3,7-8H2,1H3,(H,17,20)(H,18,21). The van der Waals surface area contributed by atoms with E-state index in [4.69, 9.17) is 4.74 Å². The fourth-order valence-corrected chi connectivity index (χ4v) is 2.55. The number of methoxy groups -OCH3 is 1. The summed E-state index contributed by atoms with van der Waals surface area (Å²) in [5.74, 6) is -0.128. The van der Waals surface area contributed by atoms with E-state index in [2.05, 4.69) is 10.6 Å². The first kappa shape index (κ1) is 16.8. The van der Waals surface area contributed by atoms with E-state index in [0.29, 0.717) is 30.1 Å². The molecule has 0 fully saturated rings. The summed E-state index contributed by atoms with van der Waals surface area (Å²) in [5, 5.41) is 17.1. The second-order valence-electron chi connectivity index (χ2n) is 4.73. The summed E-state index contributed by atoms with van der Waals surface area (Å²) in [6, 6.07) is 8.07. The zero-order valence-electron chi connectivity index (χ0n) is 12.7. The summed E-state index contributed by atoms with van der Waals surface area (Å²) in [4.78, 5) is 24.3. The molecule has 0 aliphatic carbocycles. The minimum Gasteiger partial charge on any atom is -0.507 e. The number of phenolic OH excluding ortho intramolecular Hbond substituents is 1. The van der Waals surface area contributed by atoms with Gasteiger partial charge in [0.1, 0.15) is 11.5 Å². The lowest BCUT2D eigenvalue weighted by molar-refractivity contribution is 0.0950. The van der Waals surface area contributed by atoms with Gasteiger partial charge in [0.25, 0.3) is 11.8 Å². The highest BCUT2D eigenvalue weighted by Gasteiger charge is 2.11. The number of hydrogen-bond acceptors (Lipinski definition) is 5. The third-order valence-corrected chi connectivity index (χ3v) is 3.99. The molecule has 2 aromatic rings. The maximum atomic E-state index is 12.0. The van der Waals surface area contributed by atoms with E-state index in [1.807, 2.05) is 11.4 Å². The van der Waals surface area contributed by atoms with Crippen LogP contribution in [0.25, 0.3) is 0 Å². The SMILES string of the molecule is COc1ccc(C(=O)NCCCNC(=O)c2cccs2)c(O)c1. The number of aromatic hydroxyl groups is 1. The second-order valence-corrected chi connectivity index (χ2v) is 5.67. The highest BCUT2D eigenvalue weighted by atomic mass is 32.1. The van der Waals surface area contributed by atoms with Crippen LogP contribution in [-0.2, 0) is 0 Å². The average molecular weight is 334 g/mol. The van der Waals surface area contributed by atoms with Gasteiger partial charge in [-0.05, 0) is 30.0 Å². The maximum absolute atomic E-state index is 12.0. The molecule has 0 aliphatic heterocycles. The molecule has 0 radical (unpaired) electrons. The van der Waals surface area contributed by atoms with Crippen LogP contribution in [0, 0.1) is 0 Å². The lowest BCUT2D eigenvalue weighted by Gasteiger charge is -2.08. The van der Waals surface area contributed by atoms with Gasteiger partial charge in [0.05, 0.1) is 17.6 Å². The van der Waals surface area contributed by atoms with Crippen molar-refractivity contribution in [2.24, 2.45) is 0 Å². The van der Waals surface area contributed by atoms with Crippen molar-refractivity contribution in [3.05, 3.63) is 46.2 Å². The van der Waals surface area contributed by atoms with Crippen LogP contribution in [0.5, 0.6) is 11.5 Å². The fourth-order valence-electron chi connectivity index (χ4n) is 1.91. The lowest BCUT2D eigenvalue weighted by Crippen LogP contribution is -2.29. The number of carbonyl (C=O) groups is 2. The molecule has 3 N–H and O–H groups in total. The van der Waals surface area contributed by atoms with Crippen LogP contribution in [0.4, 0.5) is 0 Å². The Labute approximate surface area is 138 Å². The van der Waals surface area contributed by atoms with Crippen molar-refractivity contribution in [1.82, 2.24) is 10.6 Å². The molecule has 0 bridgehead atoms. The van der Waals surface area contributed by atoms with Gasteiger partial charge in [-0.25, -0.2) is 0 Å². The molecule has 1 heterocycles. The van der Waals surface area contributed by atoms with Crippen LogP contribution < -0.4 is 15.4 Å². The molecular weight excluding hydrogens is 316 g/mol. The van der Waals surface area contributed by atoms with E-state index < -0.39 is 0 Å². The number of ether oxygens (including phenoxy) is 1. The van der Waals surface area contributed by atoms with Gasteiger partial charge in [-0.3, -0.25) is 9.59 Å². The van der Waals surface area contributed by atoms with E-state index in [9.17, 15) is 14.7 Å². The van der Waals surface area contributed by atoms with Crippen molar-refractivity contribution in [1.29, 1.82) is 0 Å². The van der Waals surface area contributed by atoms with E-state index in [1.165, 1.54) is 30.6 Å². The zero-order valence-corrected chi connectivity index (χ0v) is 13.5. The summed E-state index contributed by atoms with van der Waals surface area (Å²) < 4.78 is 4.96. The first-order chi connectivity index (χ1) is 11.1. The largest absolute Gasteiger partial charge is 0.507 e. The van der Waals surface area contributed by atoms with Gasteiger partial charge >= 0.3 is 0 Å². The van der Waals surface area contributed by atoms with Crippen molar-refractivity contribution >= 4 is 23.2 Å². The Morgan fingerprint density at radius 2 is 1.91 bits per heavy atom. The Kier molecular flexibility index (Phi) is 5.99. The average Bonchev–Trinajstić information content (AvgIpc) is 3.08. The summed E-state index contributed by atoms with van der Waals surface area (Å²) in [5.41, 5.74) is 0.188. The second kappa shape index (κ2) is 8.19. The molecule has 0 saturated carbocycles. The van der Waals surface area contributed by atoms with Crippen molar-refractivity contribution in [3.63, 3.8) is 0 Å². The first-order valence-corrected chi connectivity index (χ1v) is 7.96. The number of nitrogens with one attached hydrogen (secondary N) is 2. The molecule has 6 nitrogen and oxygen atoms in total. The molecule has 0 unspecified atom stereocenters. The van der Waals surface area contributed by atoms with Crippen molar-refractivity contribution in [3.8, 4) is 11.5 Å². The monoisotopic (exact) mass is 334 g/mol. The molecule has 0 aliphatic rings. The maximum Gasteiger partial charge on any atom is 0.261 e. The van der Waals surface area contributed by atoms with Crippen molar-refractivity contribution in [2.45, 2.75) is 6.42 Å². The Hall–Kier alpha value is -2.54. The summed E-state index contributed by atoms with van der Waals surface area (Å²) in [6.07, 6.45) is 0.597. The van der Waals surface area contributed by atoms with Crippen LogP contribution in [0.15, 0.2) is 35.7 Å². The normalized spacial score (nSPS) is 10.1. The van der Waals surface area contributed by atoms with Crippen LogP contribution in [0.3, 0.4) is 0 Å². The molecule has 2 amide bonds. The number of carbonyl (C=O) groups excluding carboxylic acids is 2. The minimum atomic E-state index is -0.366. The smallest absolute Gasteiger partial charge is 0.261 e. The van der Waals surface area contributed by atoms with E-state index in [0.717, 1.165) is 0 Å². The molecule has 0 spiro atoms. The highest BCUT2D eigenvalue weighted by Crippen LogP contribution is 2.23. The predicted octanol–water partition coefficient (Wildman–Crippen LogP) is 2.01. The number of thiophene rings is 1. The van der Waals surface area contributed by atoms with Gasteiger partial charge in [0.2, 0.25) is 0 Å². The van der Waals surface area contributed by atoms with Crippen LogP contribution in [0.2, 0.25) is 0 Å². The molecule has 122 valence electrons. The van der Waals surface area contributed by atoms with E-state index in [1.54, 1.807) is 12.1 Å². The molecule has 2 rings (SSSR count). The third kappa shape index (κ3) is 4.72. The topological polar surface area (TPSA) is 87.7 Å². The van der Waals surface area contributed by atoms with Gasteiger partial charge in [0.15, 0.2) is 0 Å². The van der Waals surface area contributed by atoms with E-state index >= 15 is 0 Å². The van der Waals surface area contributed by atoms with Gasteiger partial charge in [-0.15, -0.1) is 11.3 Å². The molecular formula is C16H18N2O4S. The molecule has 23 heavy (non-hydrogen) atoms. The molecule has 1 aromatic heterocycles. The predicted molar refractivity (Wildman–Crippen MR) is 88.3 cm³/mol. The fraction of sp³-hybridized carbons (Fsp3) is 0.250. The summed E-state index contributed by atoms with van der Waals surface area (Å²) >= 11 is 1.38. The molecule has 7 heteroatoms. The Morgan fingerprint density at radius 3 is 2.52 bits per heavy atom. The Balaban J connectivity index is 1.72. The van der Waals surface area contributed by atoms with Gasteiger partial charge in [-0.1, -0.05) is 6.07 Å². The van der Waals surface area contributed by atoms with Gasteiger partial charge in [0, 0.05) is 19.2 Å². The number of amides is 2. The van der Waals surface area contributed by atoms with E-state index in [-0.39, 0.29) is 23.1 Å². The molecule has 0 saturated heterocycles. The quantitative estimate of drug-likeness (QED) is 0.676. The Bertz CT molecular complexity index is 671. The lowest BCUT2D eigenvalue weighted by atomic mass is 10.1. The van der Waals surface area contributed by atoms with Crippen LogP contribution in [-0.4, -0.2) is 37.1 Å².